The Balaban J connectivity index is 1.78. The molecule has 152 valence electrons. The van der Waals surface area contributed by atoms with Gasteiger partial charge in [0.15, 0.2) is 27.4 Å². The summed E-state index contributed by atoms with van der Waals surface area (Å²) in [5.74, 6) is 0.552. The lowest BCUT2D eigenvalue weighted by Gasteiger charge is -2.22. The summed E-state index contributed by atoms with van der Waals surface area (Å²) in [5.41, 5.74) is 1.03. The number of benzene rings is 2. The molecule has 0 radical (unpaired) electrons. The quantitative estimate of drug-likeness (QED) is 0.537. The van der Waals surface area contributed by atoms with Gasteiger partial charge < -0.3 is 15.0 Å². The van der Waals surface area contributed by atoms with Crippen molar-refractivity contribution in [2.24, 2.45) is 4.99 Å². The van der Waals surface area contributed by atoms with Crippen LogP contribution >= 0.6 is 0 Å². The van der Waals surface area contributed by atoms with Crippen molar-refractivity contribution in [2.45, 2.75) is 11.3 Å². The largest absolute Gasteiger partial charge is 0.489 e. The number of para-hydroxylation sites is 1. The first-order valence-corrected chi connectivity index (χ1v) is 10.8. The summed E-state index contributed by atoms with van der Waals surface area (Å²) in [7, 11) is 0.391. The van der Waals surface area contributed by atoms with Crippen molar-refractivity contribution in [2.75, 3.05) is 40.0 Å². The molecule has 28 heavy (non-hydrogen) atoms. The molecule has 0 saturated heterocycles. The summed E-state index contributed by atoms with van der Waals surface area (Å²) in [5, 5.41) is 3.25. The van der Waals surface area contributed by atoms with Gasteiger partial charge in [0.1, 0.15) is 6.61 Å². The van der Waals surface area contributed by atoms with Crippen LogP contribution in [-0.4, -0.2) is 59.3 Å². The van der Waals surface area contributed by atoms with E-state index in [1.165, 1.54) is 12.3 Å². The number of nitrogens with zero attached hydrogens (tertiary/aromatic N) is 2. The zero-order valence-electron chi connectivity index (χ0n) is 16.4. The van der Waals surface area contributed by atoms with Gasteiger partial charge in [0.2, 0.25) is 0 Å². The first-order chi connectivity index (χ1) is 13.3. The van der Waals surface area contributed by atoms with Gasteiger partial charge in [-0.25, -0.2) is 12.8 Å². The van der Waals surface area contributed by atoms with Gasteiger partial charge >= 0.3 is 0 Å². The van der Waals surface area contributed by atoms with E-state index in [1.54, 1.807) is 37.4 Å². The van der Waals surface area contributed by atoms with Crippen LogP contribution in [0.25, 0.3) is 0 Å². The van der Waals surface area contributed by atoms with E-state index in [-0.39, 0.29) is 11.6 Å². The molecule has 8 heteroatoms. The topological polar surface area (TPSA) is 71.0 Å². The second-order valence-corrected chi connectivity index (χ2v) is 8.36. The number of hydrogen-bond acceptors (Lipinski definition) is 4. The van der Waals surface area contributed by atoms with Gasteiger partial charge in [0, 0.05) is 26.9 Å². The van der Waals surface area contributed by atoms with E-state index in [4.69, 9.17) is 4.74 Å². The molecule has 0 atom stereocenters. The van der Waals surface area contributed by atoms with E-state index < -0.39 is 9.84 Å². The highest BCUT2D eigenvalue weighted by molar-refractivity contribution is 7.90. The highest BCUT2D eigenvalue weighted by Crippen LogP contribution is 2.15. The van der Waals surface area contributed by atoms with Gasteiger partial charge in [-0.15, -0.1) is 0 Å². The maximum atomic E-state index is 13.5. The molecule has 0 saturated carbocycles. The Kier molecular flexibility index (Phi) is 7.80. The predicted octanol–water partition coefficient (Wildman–Crippen LogP) is 2.36. The van der Waals surface area contributed by atoms with E-state index in [2.05, 4.69) is 10.3 Å². The number of nitrogens with one attached hydrogen (secondary N) is 1. The predicted molar refractivity (Wildman–Crippen MR) is 109 cm³/mol. The lowest BCUT2D eigenvalue weighted by Crippen LogP contribution is -2.41. The Morgan fingerprint density at radius 1 is 1.18 bits per heavy atom. The Morgan fingerprint density at radius 2 is 1.86 bits per heavy atom. The van der Waals surface area contributed by atoms with Crippen molar-refractivity contribution < 1.29 is 17.5 Å². The lowest BCUT2D eigenvalue weighted by atomic mass is 10.1. The van der Waals surface area contributed by atoms with Crippen LogP contribution in [0, 0.1) is 5.82 Å². The minimum absolute atomic E-state index is 0.233. The number of halogens is 1. The number of hydrogen-bond donors (Lipinski definition) is 1. The number of ether oxygens (including phenoxy) is 1. The van der Waals surface area contributed by atoms with E-state index >= 15 is 0 Å². The third kappa shape index (κ3) is 6.53. The molecule has 0 amide bonds. The number of likely N-dealkylation sites (N-methyl/N-ethyl adjacent to an activating group) is 1. The van der Waals surface area contributed by atoms with E-state index in [0.29, 0.717) is 30.6 Å². The molecule has 0 unspecified atom stereocenters. The number of sulfone groups is 1. The molecule has 0 aromatic heterocycles. The normalized spacial score (nSPS) is 11.9. The maximum absolute atomic E-state index is 13.5. The highest BCUT2D eigenvalue weighted by atomic mass is 32.2. The number of aliphatic imine (C=N–C) groups is 1. The first kappa shape index (κ1) is 21.7. The number of rotatable bonds is 8. The third-order valence-electron chi connectivity index (χ3n) is 4.14. The molecular weight excluding hydrogens is 381 g/mol. The molecule has 0 spiro atoms. The number of guanidine groups is 1. The molecule has 2 aromatic rings. The molecule has 0 aliphatic carbocycles. The first-order valence-electron chi connectivity index (χ1n) is 8.89. The van der Waals surface area contributed by atoms with E-state index in [1.807, 2.05) is 24.1 Å². The Labute approximate surface area is 166 Å². The van der Waals surface area contributed by atoms with Crippen LogP contribution in [0.3, 0.4) is 0 Å². The summed E-state index contributed by atoms with van der Waals surface area (Å²) in [6, 6.07) is 13.2. The zero-order valence-corrected chi connectivity index (χ0v) is 17.2. The Morgan fingerprint density at radius 3 is 2.46 bits per heavy atom. The second kappa shape index (κ2) is 10.1. The van der Waals surface area contributed by atoms with Crippen LogP contribution < -0.4 is 10.1 Å². The fourth-order valence-corrected chi connectivity index (χ4v) is 3.20. The molecule has 6 nitrogen and oxygen atoms in total. The van der Waals surface area contributed by atoms with Crippen molar-refractivity contribution in [1.82, 2.24) is 10.2 Å². The minimum Gasteiger partial charge on any atom is -0.489 e. The van der Waals surface area contributed by atoms with Crippen LogP contribution in [0.15, 0.2) is 58.4 Å². The van der Waals surface area contributed by atoms with Crippen molar-refractivity contribution in [3.63, 3.8) is 0 Å². The van der Waals surface area contributed by atoms with Crippen LogP contribution in [0.4, 0.5) is 4.39 Å². The summed E-state index contributed by atoms with van der Waals surface area (Å²) >= 11 is 0. The molecule has 2 aromatic carbocycles. The lowest BCUT2D eigenvalue weighted by molar-refractivity contribution is 0.270. The van der Waals surface area contributed by atoms with Crippen molar-refractivity contribution in [3.8, 4) is 5.75 Å². The molecule has 0 aliphatic heterocycles. The van der Waals surface area contributed by atoms with E-state index in [9.17, 15) is 12.8 Å². The Hall–Kier alpha value is -2.61. The summed E-state index contributed by atoms with van der Waals surface area (Å²) in [6.45, 7) is 1.51. The molecule has 0 heterocycles. The van der Waals surface area contributed by atoms with Crippen molar-refractivity contribution in [1.29, 1.82) is 0 Å². The molecule has 1 N–H and O–H groups in total. The third-order valence-corrected chi connectivity index (χ3v) is 5.27. The fourth-order valence-electron chi connectivity index (χ4n) is 2.57. The van der Waals surface area contributed by atoms with Gasteiger partial charge in [-0.2, -0.15) is 0 Å². The molecule has 2 rings (SSSR count). The van der Waals surface area contributed by atoms with Crippen molar-refractivity contribution in [3.05, 3.63) is 59.9 Å². The Bertz CT molecular complexity index is 899. The standard InChI is InChI=1S/C20H26FN3O3S/c1-22-20(24(2)14-15-27-19-7-5-4-6-18(19)21)23-13-12-16-8-10-17(11-9-16)28(3,25)26/h4-11H,12-15H2,1-3H3,(H,22,23). The van der Waals surface area contributed by atoms with Gasteiger partial charge in [-0.05, 0) is 36.2 Å². The average Bonchev–Trinajstić information content (AvgIpc) is 2.66. The molecule has 0 aliphatic rings. The minimum atomic E-state index is -3.18. The monoisotopic (exact) mass is 407 g/mol. The maximum Gasteiger partial charge on any atom is 0.193 e. The van der Waals surface area contributed by atoms with Gasteiger partial charge in [-0.1, -0.05) is 24.3 Å². The molecule has 0 fully saturated rings. The van der Waals surface area contributed by atoms with Crippen LogP contribution in [0.2, 0.25) is 0 Å². The summed E-state index contributed by atoms with van der Waals surface area (Å²) in [6.07, 6.45) is 1.92. The second-order valence-electron chi connectivity index (χ2n) is 6.34. The molecule has 0 bridgehead atoms. The van der Waals surface area contributed by atoms with Gasteiger partial charge in [-0.3, -0.25) is 4.99 Å². The smallest absolute Gasteiger partial charge is 0.193 e. The fraction of sp³-hybridized carbons (Fsp3) is 0.350. The highest BCUT2D eigenvalue weighted by Gasteiger charge is 2.08. The summed E-state index contributed by atoms with van der Waals surface area (Å²) in [4.78, 5) is 6.44. The van der Waals surface area contributed by atoms with Gasteiger partial charge in [0.25, 0.3) is 0 Å². The average molecular weight is 408 g/mol. The SMILES string of the molecule is CN=C(NCCc1ccc(S(C)(=O)=O)cc1)N(C)CCOc1ccccc1F. The van der Waals surface area contributed by atoms with Crippen LogP contribution in [0.1, 0.15) is 5.56 Å². The molecular formula is C20H26FN3O3S. The van der Waals surface area contributed by atoms with Crippen molar-refractivity contribution >= 4 is 15.8 Å². The van der Waals surface area contributed by atoms with E-state index in [0.717, 1.165) is 12.0 Å². The van der Waals surface area contributed by atoms with Gasteiger partial charge in [0.05, 0.1) is 11.4 Å². The summed E-state index contributed by atoms with van der Waals surface area (Å²) < 4.78 is 42.0. The van der Waals surface area contributed by atoms with Crippen LogP contribution in [0.5, 0.6) is 5.75 Å². The zero-order chi connectivity index (χ0) is 20.6. The van der Waals surface area contributed by atoms with Crippen LogP contribution in [-0.2, 0) is 16.3 Å².